The minimum atomic E-state index is -0.508. The lowest BCUT2D eigenvalue weighted by Gasteiger charge is -2.18. The van der Waals surface area contributed by atoms with Gasteiger partial charge in [-0.15, -0.1) is 5.10 Å². The van der Waals surface area contributed by atoms with Gasteiger partial charge < -0.3 is 19.5 Å². The van der Waals surface area contributed by atoms with E-state index in [9.17, 15) is 4.79 Å². The lowest BCUT2D eigenvalue weighted by Crippen LogP contribution is -2.40. The highest BCUT2D eigenvalue weighted by Crippen LogP contribution is 2.34. The smallest absolute Gasteiger partial charge is 0.360 e. The molecule has 160 valence electrons. The second-order valence-corrected chi connectivity index (χ2v) is 7.79. The van der Waals surface area contributed by atoms with Crippen LogP contribution in [0, 0.1) is 0 Å². The monoisotopic (exact) mass is 420 g/mol. The normalized spacial score (nSPS) is 24.8. The summed E-state index contributed by atoms with van der Waals surface area (Å²) >= 11 is 0. The molecule has 3 heterocycles. The summed E-state index contributed by atoms with van der Waals surface area (Å²) in [4.78, 5) is 11.6. The first kappa shape index (κ1) is 19.9. The number of fused-ring (bicyclic) bond motifs is 1. The van der Waals surface area contributed by atoms with Gasteiger partial charge in [0.1, 0.15) is 18.2 Å². The molecule has 5 rings (SSSR count). The van der Waals surface area contributed by atoms with Crippen molar-refractivity contribution in [3.63, 3.8) is 0 Å². The van der Waals surface area contributed by atoms with E-state index in [0.29, 0.717) is 13.2 Å². The van der Waals surface area contributed by atoms with E-state index in [1.54, 1.807) is 10.9 Å². The van der Waals surface area contributed by atoms with Gasteiger partial charge in [-0.1, -0.05) is 59.8 Å². The van der Waals surface area contributed by atoms with E-state index in [1.807, 2.05) is 18.2 Å². The first-order valence-electron chi connectivity index (χ1n) is 10.3. The second-order valence-electron chi connectivity index (χ2n) is 7.79. The molecule has 1 aromatic heterocycles. The summed E-state index contributed by atoms with van der Waals surface area (Å²) in [7, 11) is 1.32. The fourth-order valence-corrected chi connectivity index (χ4v) is 4.21. The number of nitrogens with one attached hydrogen (secondary N) is 1. The Balaban J connectivity index is 1.19. The van der Waals surface area contributed by atoms with E-state index in [1.165, 1.54) is 23.8 Å². The molecule has 0 aliphatic carbocycles. The number of ether oxygens (including phenoxy) is 3. The van der Waals surface area contributed by atoms with E-state index in [2.05, 4.69) is 52.0 Å². The molecule has 2 aliphatic heterocycles. The Morgan fingerprint density at radius 2 is 1.81 bits per heavy atom. The maximum absolute atomic E-state index is 11.6. The van der Waals surface area contributed by atoms with E-state index < -0.39 is 5.97 Å². The Kier molecular flexibility index (Phi) is 5.50. The van der Waals surface area contributed by atoms with Gasteiger partial charge in [-0.2, -0.15) is 0 Å². The third kappa shape index (κ3) is 3.97. The quantitative estimate of drug-likeness (QED) is 0.612. The predicted molar refractivity (Wildman–Crippen MR) is 112 cm³/mol. The lowest BCUT2D eigenvalue weighted by atomic mass is 10.0. The van der Waals surface area contributed by atoms with Crippen LogP contribution in [0.4, 0.5) is 0 Å². The maximum Gasteiger partial charge on any atom is 0.360 e. The van der Waals surface area contributed by atoms with Crippen molar-refractivity contribution in [3.8, 4) is 11.1 Å². The van der Waals surface area contributed by atoms with Crippen molar-refractivity contribution in [3.05, 3.63) is 72.1 Å². The van der Waals surface area contributed by atoms with Crippen LogP contribution in [0.3, 0.4) is 0 Å². The first-order chi connectivity index (χ1) is 15.2. The number of nitrogens with zero attached hydrogens (tertiary/aromatic N) is 3. The number of esters is 1. The number of carbonyl (C=O) groups is 1. The van der Waals surface area contributed by atoms with Gasteiger partial charge in [-0.3, -0.25) is 0 Å². The van der Waals surface area contributed by atoms with Crippen LogP contribution in [-0.2, 0) is 20.8 Å². The van der Waals surface area contributed by atoms with Crippen molar-refractivity contribution in [1.82, 2.24) is 20.3 Å². The summed E-state index contributed by atoms with van der Waals surface area (Å²) in [6.45, 7) is 1.76. The fourth-order valence-electron chi connectivity index (χ4n) is 4.21. The average Bonchev–Trinajstić information content (AvgIpc) is 3.55. The molecule has 0 unspecified atom stereocenters. The zero-order chi connectivity index (χ0) is 21.2. The average molecular weight is 420 g/mol. The summed E-state index contributed by atoms with van der Waals surface area (Å²) < 4.78 is 18.4. The van der Waals surface area contributed by atoms with Crippen LogP contribution < -0.4 is 5.32 Å². The zero-order valence-corrected chi connectivity index (χ0v) is 17.2. The molecule has 1 N–H and O–H groups in total. The second kappa shape index (κ2) is 8.58. The van der Waals surface area contributed by atoms with E-state index in [0.717, 1.165) is 6.54 Å². The highest BCUT2D eigenvalue weighted by Gasteiger charge is 2.48. The number of hydrogen-bond donors (Lipinski definition) is 1. The number of methoxy groups -OCH3 is 1. The van der Waals surface area contributed by atoms with Gasteiger partial charge in [0.05, 0.1) is 32.6 Å². The molecule has 8 nitrogen and oxygen atoms in total. The third-order valence-corrected chi connectivity index (χ3v) is 5.90. The van der Waals surface area contributed by atoms with Crippen LogP contribution in [0.25, 0.3) is 11.1 Å². The van der Waals surface area contributed by atoms with Crippen molar-refractivity contribution in [2.75, 3.05) is 20.3 Å². The Labute approximate surface area is 180 Å². The molecule has 2 saturated heterocycles. The molecule has 0 saturated carbocycles. The number of hydrogen-bond acceptors (Lipinski definition) is 7. The summed E-state index contributed by atoms with van der Waals surface area (Å²) in [5, 5.41) is 11.5. The van der Waals surface area contributed by atoms with Gasteiger partial charge in [0.2, 0.25) is 0 Å². The Bertz CT molecular complexity index is 1040. The number of aromatic nitrogens is 3. The maximum atomic E-state index is 11.6. The van der Waals surface area contributed by atoms with Gasteiger partial charge in [-0.25, -0.2) is 9.48 Å². The van der Waals surface area contributed by atoms with Crippen LogP contribution in [-0.4, -0.2) is 59.5 Å². The topological polar surface area (TPSA) is 87.5 Å². The minimum absolute atomic E-state index is 0.0700. The number of carbonyl (C=O) groups excluding carboxylic acids is 1. The highest BCUT2D eigenvalue weighted by molar-refractivity contribution is 5.86. The fraction of sp³-hybridized carbons (Fsp3) is 0.348. The SMILES string of the molecule is COC(=O)c1cn([C@@H]2CO[C@@H]3[C@@H]2OC[C@@H]3NCc2ccc(-c3ccccc3)cc2)nn1. The number of rotatable bonds is 6. The van der Waals surface area contributed by atoms with Crippen LogP contribution in [0.1, 0.15) is 22.1 Å². The van der Waals surface area contributed by atoms with Gasteiger partial charge in [0.25, 0.3) is 0 Å². The lowest BCUT2D eigenvalue weighted by molar-refractivity contribution is 0.0592. The molecule has 8 heteroatoms. The summed E-state index contributed by atoms with van der Waals surface area (Å²) in [5.41, 5.74) is 3.80. The largest absolute Gasteiger partial charge is 0.464 e. The van der Waals surface area contributed by atoms with Crippen molar-refractivity contribution in [2.45, 2.75) is 30.8 Å². The molecular formula is C23H24N4O4. The highest BCUT2D eigenvalue weighted by atomic mass is 16.6. The molecule has 0 bridgehead atoms. The molecule has 0 radical (unpaired) electrons. The Morgan fingerprint density at radius 1 is 1.06 bits per heavy atom. The van der Waals surface area contributed by atoms with Crippen LogP contribution in [0.2, 0.25) is 0 Å². The Morgan fingerprint density at radius 3 is 2.58 bits per heavy atom. The molecule has 2 aliphatic rings. The molecular weight excluding hydrogens is 396 g/mol. The van der Waals surface area contributed by atoms with Crippen molar-refractivity contribution < 1.29 is 19.0 Å². The third-order valence-electron chi connectivity index (χ3n) is 5.90. The van der Waals surface area contributed by atoms with Crippen molar-refractivity contribution in [2.24, 2.45) is 0 Å². The zero-order valence-electron chi connectivity index (χ0n) is 17.2. The van der Waals surface area contributed by atoms with Crippen molar-refractivity contribution >= 4 is 5.97 Å². The van der Waals surface area contributed by atoms with Crippen LogP contribution >= 0.6 is 0 Å². The molecule has 2 aromatic carbocycles. The standard InChI is InChI=1S/C23H24N4O4/c1-29-23(28)18-12-27(26-25-18)20-14-31-21-19(13-30-22(20)21)24-11-15-7-9-17(10-8-15)16-5-3-2-4-6-16/h2-10,12,19-22,24H,11,13-14H2,1H3/t19-,20+,21-,22+/m0/s1. The number of benzene rings is 2. The van der Waals surface area contributed by atoms with Gasteiger partial charge >= 0.3 is 5.97 Å². The first-order valence-corrected chi connectivity index (χ1v) is 10.3. The molecule has 4 atom stereocenters. The predicted octanol–water partition coefficient (Wildman–Crippen LogP) is 2.23. The molecule has 3 aromatic rings. The molecule has 31 heavy (non-hydrogen) atoms. The summed E-state index contributed by atoms with van der Waals surface area (Å²) in [6.07, 6.45) is 1.38. The van der Waals surface area contributed by atoms with Crippen molar-refractivity contribution in [1.29, 1.82) is 0 Å². The van der Waals surface area contributed by atoms with Gasteiger partial charge in [0.15, 0.2) is 5.69 Å². The van der Waals surface area contributed by atoms with Crippen LogP contribution in [0.15, 0.2) is 60.8 Å². The minimum Gasteiger partial charge on any atom is -0.464 e. The Hall–Kier alpha value is -3.07. The van der Waals surface area contributed by atoms with E-state index in [4.69, 9.17) is 14.2 Å². The van der Waals surface area contributed by atoms with Crippen LogP contribution in [0.5, 0.6) is 0 Å². The van der Waals surface area contributed by atoms with Gasteiger partial charge in [-0.05, 0) is 16.7 Å². The summed E-state index contributed by atoms with van der Waals surface area (Å²) in [5.74, 6) is -0.508. The van der Waals surface area contributed by atoms with E-state index >= 15 is 0 Å². The van der Waals surface area contributed by atoms with Gasteiger partial charge in [0, 0.05) is 6.54 Å². The molecule has 0 amide bonds. The molecule has 2 fully saturated rings. The molecule has 0 spiro atoms. The van der Waals surface area contributed by atoms with E-state index in [-0.39, 0.29) is 30.0 Å². The summed E-state index contributed by atoms with van der Waals surface area (Å²) in [6, 6.07) is 18.9.